The number of hydrogen-bond donors (Lipinski definition) is 3. The van der Waals surface area contributed by atoms with Gasteiger partial charge in [0.2, 0.25) is 0 Å². The highest BCUT2D eigenvalue weighted by Crippen LogP contribution is 2.33. The summed E-state index contributed by atoms with van der Waals surface area (Å²) in [7, 11) is -3.90. The van der Waals surface area contributed by atoms with E-state index in [4.69, 9.17) is 34.8 Å². The highest BCUT2D eigenvalue weighted by Gasteiger charge is 2.19. The molecular weight excluding hydrogens is 481 g/mol. The van der Waals surface area contributed by atoms with E-state index in [1.807, 2.05) is 6.07 Å². The van der Waals surface area contributed by atoms with E-state index < -0.39 is 15.9 Å². The zero-order chi connectivity index (χ0) is 22.8. The molecule has 0 unspecified atom stereocenters. The number of aryl methyl sites for hydroxylation is 2. The van der Waals surface area contributed by atoms with Crippen molar-refractivity contribution in [3.8, 4) is 0 Å². The van der Waals surface area contributed by atoms with Crippen molar-refractivity contribution in [2.24, 2.45) is 0 Å². The Morgan fingerprint density at radius 3 is 2.16 bits per heavy atom. The third-order valence-electron chi connectivity index (χ3n) is 4.46. The van der Waals surface area contributed by atoms with E-state index in [0.29, 0.717) is 16.3 Å². The van der Waals surface area contributed by atoms with Crippen LogP contribution in [-0.4, -0.2) is 14.3 Å². The number of halogens is 3. The summed E-state index contributed by atoms with van der Waals surface area (Å²) in [5, 5.41) is 0.781. The molecule has 0 aliphatic carbocycles. The molecule has 0 bridgehead atoms. The molecule has 0 aromatic heterocycles. The fourth-order valence-corrected chi connectivity index (χ4v) is 4.82. The second-order valence-corrected chi connectivity index (χ2v) is 9.65. The first kappa shape index (κ1) is 23.2. The van der Waals surface area contributed by atoms with Crippen LogP contribution in [0.15, 0.2) is 59.5 Å². The quantitative estimate of drug-likeness (QED) is 0.374. The van der Waals surface area contributed by atoms with E-state index >= 15 is 0 Å². The molecule has 6 nitrogen and oxygen atoms in total. The molecule has 0 fully saturated rings. The van der Waals surface area contributed by atoms with Gasteiger partial charge >= 0.3 is 0 Å². The highest BCUT2D eigenvalue weighted by molar-refractivity contribution is 7.92. The van der Waals surface area contributed by atoms with Crippen LogP contribution in [0.5, 0.6) is 0 Å². The lowest BCUT2D eigenvalue weighted by atomic mass is 10.1. The fraction of sp³-hybridized carbons (Fsp3) is 0.0952. The highest BCUT2D eigenvalue weighted by atomic mass is 35.5. The zero-order valence-electron chi connectivity index (χ0n) is 16.5. The summed E-state index contributed by atoms with van der Waals surface area (Å²) in [6.07, 6.45) is 0. The van der Waals surface area contributed by atoms with Crippen molar-refractivity contribution < 1.29 is 13.2 Å². The molecule has 31 heavy (non-hydrogen) atoms. The van der Waals surface area contributed by atoms with Gasteiger partial charge in [0.05, 0.1) is 26.3 Å². The Hall–Kier alpha value is -2.45. The molecule has 0 saturated carbocycles. The third-order valence-corrected chi connectivity index (χ3v) is 6.64. The Morgan fingerprint density at radius 2 is 1.52 bits per heavy atom. The van der Waals surface area contributed by atoms with Crippen LogP contribution >= 0.6 is 34.8 Å². The Balaban J connectivity index is 1.84. The number of hydrazine groups is 1. The van der Waals surface area contributed by atoms with Gasteiger partial charge in [-0.3, -0.25) is 20.4 Å². The number of hydrogen-bond acceptors (Lipinski definition) is 4. The van der Waals surface area contributed by atoms with Crippen molar-refractivity contribution in [1.29, 1.82) is 0 Å². The Labute approximate surface area is 195 Å². The van der Waals surface area contributed by atoms with Crippen LogP contribution in [-0.2, 0) is 10.0 Å². The number of amides is 1. The number of carbonyl (C=O) groups is 1. The zero-order valence-corrected chi connectivity index (χ0v) is 19.5. The largest absolute Gasteiger partial charge is 0.295 e. The average Bonchev–Trinajstić information content (AvgIpc) is 2.68. The monoisotopic (exact) mass is 497 g/mol. The van der Waals surface area contributed by atoms with Gasteiger partial charge in [0.1, 0.15) is 0 Å². The van der Waals surface area contributed by atoms with Crippen LogP contribution in [0.25, 0.3) is 0 Å². The number of sulfonamides is 1. The van der Waals surface area contributed by atoms with Gasteiger partial charge in [-0.25, -0.2) is 8.42 Å². The van der Waals surface area contributed by atoms with Gasteiger partial charge in [-0.15, -0.1) is 0 Å². The van der Waals surface area contributed by atoms with Crippen LogP contribution in [0, 0.1) is 13.8 Å². The predicted molar refractivity (Wildman–Crippen MR) is 126 cm³/mol. The van der Waals surface area contributed by atoms with Gasteiger partial charge in [-0.2, -0.15) is 0 Å². The molecule has 3 rings (SSSR count). The van der Waals surface area contributed by atoms with Crippen LogP contribution in [0.2, 0.25) is 15.1 Å². The molecule has 3 aromatic carbocycles. The molecule has 3 N–H and O–H groups in total. The van der Waals surface area contributed by atoms with E-state index in [1.165, 1.54) is 24.3 Å². The summed E-state index contributed by atoms with van der Waals surface area (Å²) in [6.45, 7) is 3.49. The SMILES string of the molecule is Cc1ccccc1NS(=O)(=O)c1ccc(C)c(C(=O)NNc2c(Cl)cc(Cl)cc2Cl)c1. The van der Waals surface area contributed by atoms with Gasteiger partial charge in [0, 0.05) is 10.6 Å². The molecule has 0 aliphatic heterocycles. The summed E-state index contributed by atoms with van der Waals surface area (Å²) in [5.41, 5.74) is 7.39. The molecule has 0 heterocycles. The third kappa shape index (κ3) is 5.43. The maximum Gasteiger partial charge on any atom is 0.269 e. The van der Waals surface area contributed by atoms with Crippen molar-refractivity contribution in [3.63, 3.8) is 0 Å². The predicted octanol–water partition coefficient (Wildman–Crippen LogP) is 5.82. The molecule has 0 aliphatic rings. The number of nitrogens with one attached hydrogen (secondary N) is 3. The van der Waals surface area contributed by atoms with E-state index in [1.54, 1.807) is 38.1 Å². The minimum Gasteiger partial charge on any atom is -0.295 e. The van der Waals surface area contributed by atoms with Crippen molar-refractivity contribution in [1.82, 2.24) is 5.43 Å². The molecule has 3 aromatic rings. The summed E-state index contributed by atoms with van der Waals surface area (Å²) in [5.74, 6) is -0.562. The molecule has 0 atom stereocenters. The van der Waals surface area contributed by atoms with Crippen molar-refractivity contribution in [3.05, 3.63) is 86.4 Å². The Bertz CT molecular complexity index is 1240. The Morgan fingerprint density at radius 1 is 0.871 bits per heavy atom. The second kappa shape index (κ2) is 9.36. The molecule has 0 spiro atoms. The first-order chi connectivity index (χ1) is 14.6. The standard InChI is InChI=1S/C21H18Cl3N3O3S/c1-12-7-8-15(31(29,30)27-19-6-4-3-5-13(19)2)11-16(12)21(28)26-25-20-17(23)9-14(22)10-18(20)24/h3-11,25,27H,1-2H3,(H,26,28). The van der Waals surface area contributed by atoms with Crippen molar-refractivity contribution in [2.45, 2.75) is 18.7 Å². The first-order valence-corrected chi connectivity index (χ1v) is 11.6. The summed E-state index contributed by atoms with van der Waals surface area (Å²) in [6, 6.07) is 14.3. The number of para-hydroxylation sites is 1. The number of rotatable bonds is 6. The van der Waals surface area contributed by atoms with Crippen LogP contribution in [0.3, 0.4) is 0 Å². The van der Waals surface area contributed by atoms with Gasteiger partial charge in [0.25, 0.3) is 15.9 Å². The second-order valence-electron chi connectivity index (χ2n) is 6.72. The molecule has 10 heteroatoms. The number of carbonyl (C=O) groups excluding carboxylic acids is 1. The topological polar surface area (TPSA) is 87.3 Å². The van der Waals surface area contributed by atoms with Gasteiger partial charge in [-0.1, -0.05) is 59.1 Å². The van der Waals surface area contributed by atoms with Crippen LogP contribution in [0.1, 0.15) is 21.5 Å². The average molecular weight is 499 g/mol. The van der Waals surface area contributed by atoms with Crippen LogP contribution in [0.4, 0.5) is 11.4 Å². The molecule has 0 radical (unpaired) electrons. The fourth-order valence-electron chi connectivity index (χ4n) is 2.75. The molecule has 0 saturated heterocycles. The lowest BCUT2D eigenvalue weighted by molar-refractivity contribution is 0.0962. The molecule has 1 amide bonds. The van der Waals surface area contributed by atoms with Gasteiger partial charge in [0.15, 0.2) is 0 Å². The number of benzene rings is 3. The van der Waals surface area contributed by atoms with E-state index in [-0.39, 0.29) is 26.2 Å². The smallest absolute Gasteiger partial charge is 0.269 e. The summed E-state index contributed by atoms with van der Waals surface area (Å²) >= 11 is 18.1. The van der Waals surface area contributed by atoms with Gasteiger partial charge < -0.3 is 0 Å². The lowest BCUT2D eigenvalue weighted by Gasteiger charge is -2.15. The normalized spacial score (nSPS) is 11.1. The maximum atomic E-state index is 12.8. The minimum atomic E-state index is -3.90. The summed E-state index contributed by atoms with van der Waals surface area (Å²) < 4.78 is 28.2. The van der Waals surface area contributed by atoms with Gasteiger partial charge in [-0.05, 0) is 55.3 Å². The molecular formula is C21H18Cl3N3O3S. The van der Waals surface area contributed by atoms with E-state index in [9.17, 15) is 13.2 Å². The van der Waals surface area contributed by atoms with Crippen LogP contribution < -0.4 is 15.6 Å². The van der Waals surface area contributed by atoms with Crippen molar-refractivity contribution in [2.75, 3.05) is 10.1 Å². The molecule has 162 valence electrons. The first-order valence-electron chi connectivity index (χ1n) is 8.98. The lowest BCUT2D eigenvalue weighted by Crippen LogP contribution is -2.30. The van der Waals surface area contributed by atoms with E-state index in [0.717, 1.165) is 5.56 Å². The van der Waals surface area contributed by atoms with E-state index in [2.05, 4.69) is 15.6 Å². The number of anilines is 2. The summed E-state index contributed by atoms with van der Waals surface area (Å²) in [4.78, 5) is 12.7. The Kier molecular flexibility index (Phi) is 7.01. The minimum absolute atomic E-state index is 0.0472. The maximum absolute atomic E-state index is 12.8. The van der Waals surface area contributed by atoms with Crippen molar-refractivity contribution >= 4 is 62.1 Å².